The molecule has 0 spiro atoms. The van der Waals surface area contributed by atoms with Gasteiger partial charge in [0.1, 0.15) is 0 Å². The maximum atomic E-state index is 5.66. The van der Waals surface area contributed by atoms with E-state index in [1.807, 2.05) is 42.3 Å². The number of nitrogens with one attached hydrogen (secondary N) is 1. The Balaban J connectivity index is 2.20. The third kappa shape index (κ3) is 2.33. The van der Waals surface area contributed by atoms with Gasteiger partial charge in [0.05, 0.1) is 0 Å². The Hall–Kier alpha value is -1.55. The average Bonchev–Trinajstić information content (AvgIpc) is 2.80. The van der Waals surface area contributed by atoms with Gasteiger partial charge in [-0.1, -0.05) is 30.3 Å². The number of hydrogen-bond donors (Lipinski definition) is 1. The molecule has 0 saturated heterocycles. The number of anilines is 1. The molecule has 0 unspecified atom stereocenters. The Labute approximate surface area is 99.3 Å². The van der Waals surface area contributed by atoms with Crippen LogP contribution in [0.15, 0.2) is 30.3 Å². The van der Waals surface area contributed by atoms with Gasteiger partial charge in [-0.25, -0.2) is 0 Å². The number of alkyl halides is 1. The van der Waals surface area contributed by atoms with Crippen LogP contribution < -0.4 is 4.90 Å². The fourth-order valence-electron chi connectivity index (χ4n) is 1.38. The topological polar surface area (TPSA) is 44.8 Å². The van der Waals surface area contributed by atoms with Crippen molar-refractivity contribution in [2.75, 3.05) is 24.4 Å². The quantitative estimate of drug-likeness (QED) is 0.828. The molecule has 1 aromatic heterocycles. The number of benzene rings is 1. The summed E-state index contributed by atoms with van der Waals surface area (Å²) in [5.41, 5.74) is 1.03. The van der Waals surface area contributed by atoms with Crippen LogP contribution in [0.5, 0.6) is 0 Å². The third-order valence-electron chi connectivity index (χ3n) is 2.28. The summed E-state index contributed by atoms with van der Waals surface area (Å²) in [4.78, 5) is 6.31. The van der Waals surface area contributed by atoms with Crippen molar-refractivity contribution in [2.45, 2.75) is 0 Å². The van der Waals surface area contributed by atoms with Crippen LogP contribution in [0.25, 0.3) is 11.4 Å². The minimum Gasteiger partial charge on any atom is -0.341 e. The summed E-state index contributed by atoms with van der Waals surface area (Å²) in [6.07, 6.45) is 0. The Morgan fingerprint density at radius 1 is 1.31 bits per heavy atom. The molecule has 0 radical (unpaired) electrons. The van der Waals surface area contributed by atoms with Crippen molar-refractivity contribution in [1.29, 1.82) is 0 Å². The van der Waals surface area contributed by atoms with Gasteiger partial charge in [0, 0.05) is 25.0 Å². The van der Waals surface area contributed by atoms with E-state index in [0.29, 0.717) is 11.8 Å². The van der Waals surface area contributed by atoms with Gasteiger partial charge in [0.2, 0.25) is 5.95 Å². The van der Waals surface area contributed by atoms with Crippen LogP contribution in [-0.4, -0.2) is 34.7 Å². The van der Waals surface area contributed by atoms with Crippen molar-refractivity contribution in [3.8, 4) is 11.4 Å². The molecule has 5 heteroatoms. The largest absolute Gasteiger partial charge is 0.341 e. The number of halogens is 1. The Morgan fingerprint density at radius 2 is 2.06 bits per heavy atom. The molecule has 0 amide bonds. The van der Waals surface area contributed by atoms with Crippen LogP contribution in [0.1, 0.15) is 0 Å². The van der Waals surface area contributed by atoms with Gasteiger partial charge in [0.15, 0.2) is 5.82 Å². The van der Waals surface area contributed by atoms with Gasteiger partial charge < -0.3 is 4.90 Å². The molecular weight excluding hydrogens is 224 g/mol. The highest BCUT2D eigenvalue weighted by Gasteiger charge is 2.08. The number of aromatic amines is 1. The summed E-state index contributed by atoms with van der Waals surface area (Å²) in [6.45, 7) is 0.730. The van der Waals surface area contributed by atoms with E-state index < -0.39 is 0 Å². The zero-order valence-electron chi connectivity index (χ0n) is 9.02. The second-order valence-electron chi connectivity index (χ2n) is 3.46. The molecule has 0 atom stereocenters. The third-order valence-corrected chi connectivity index (χ3v) is 2.45. The highest BCUT2D eigenvalue weighted by atomic mass is 35.5. The van der Waals surface area contributed by atoms with E-state index in [1.165, 1.54) is 0 Å². The van der Waals surface area contributed by atoms with Gasteiger partial charge in [-0.05, 0) is 0 Å². The van der Waals surface area contributed by atoms with Gasteiger partial charge in [0.25, 0.3) is 0 Å². The van der Waals surface area contributed by atoms with Crippen molar-refractivity contribution in [3.05, 3.63) is 30.3 Å². The Morgan fingerprint density at radius 3 is 2.75 bits per heavy atom. The van der Waals surface area contributed by atoms with Gasteiger partial charge >= 0.3 is 0 Å². The second kappa shape index (κ2) is 4.99. The first-order valence-electron chi connectivity index (χ1n) is 5.06. The molecule has 4 nitrogen and oxygen atoms in total. The molecule has 1 N–H and O–H groups in total. The molecule has 1 heterocycles. The predicted molar refractivity (Wildman–Crippen MR) is 65.8 cm³/mol. The lowest BCUT2D eigenvalue weighted by Crippen LogP contribution is -2.20. The first kappa shape index (κ1) is 11.0. The number of hydrogen-bond acceptors (Lipinski definition) is 3. The smallest absolute Gasteiger partial charge is 0.244 e. The van der Waals surface area contributed by atoms with Crippen LogP contribution >= 0.6 is 11.6 Å². The zero-order valence-corrected chi connectivity index (χ0v) is 9.78. The van der Waals surface area contributed by atoms with Gasteiger partial charge in [-0.3, -0.25) is 5.10 Å². The summed E-state index contributed by atoms with van der Waals surface area (Å²) in [7, 11) is 1.92. The molecule has 1 aromatic carbocycles. The number of H-pyrrole nitrogens is 1. The van der Waals surface area contributed by atoms with E-state index in [0.717, 1.165) is 17.9 Å². The van der Waals surface area contributed by atoms with E-state index >= 15 is 0 Å². The van der Waals surface area contributed by atoms with Crippen molar-refractivity contribution in [2.24, 2.45) is 0 Å². The van der Waals surface area contributed by atoms with Crippen molar-refractivity contribution < 1.29 is 0 Å². The van der Waals surface area contributed by atoms with Gasteiger partial charge in [-0.15, -0.1) is 16.7 Å². The number of nitrogens with zero attached hydrogens (tertiary/aromatic N) is 3. The summed E-state index contributed by atoms with van der Waals surface area (Å²) >= 11 is 5.66. The molecule has 0 aliphatic rings. The van der Waals surface area contributed by atoms with E-state index in [1.54, 1.807) is 0 Å². The van der Waals surface area contributed by atoms with Crippen LogP contribution in [-0.2, 0) is 0 Å². The number of aromatic nitrogens is 3. The van der Waals surface area contributed by atoms with E-state index in [9.17, 15) is 0 Å². The van der Waals surface area contributed by atoms with Crippen molar-refractivity contribution >= 4 is 17.5 Å². The minimum absolute atomic E-state index is 0.561. The molecular formula is C11H13ClN4. The van der Waals surface area contributed by atoms with Crippen molar-refractivity contribution in [1.82, 2.24) is 15.2 Å². The lowest BCUT2D eigenvalue weighted by atomic mass is 10.2. The predicted octanol–water partition coefficient (Wildman–Crippen LogP) is 2.15. The molecule has 0 bridgehead atoms. The highest BCUT2D eigenvalue weighted by molar-refractivity contribution is 6.18. The monoisotopic (exact) mass is 236 g/mol. The first-order valence-corrected chi connectivity index (χ1v) is 5.59. The second-order valence-corrected chi connectivity index (χ2v) is 3.84. The highest BCUT2D eigenvalue weighted by Crippen LogP contribution is 2.16. The lowest BCUT2D eigenvalue weighted by Gasteiger charge is -2.11. The van der Waals surface area contributed by atoms with Gasteiger partial charge in [-0.2, -0.15) is 4.98 Å². The summed E-state index contributed by atoms with van der Waals surface area (Å²) in [5.74, 6) is 2.00. The van der Waals surface area contributed by atoms with Crippen molar-refractivity contribution in [3.63, 3.8) is 0 Å². The molecule has 0 aliphatic carbocycles. The Bertz CT molecular complexity index is 440. The van der Waals surface area contributed by atoms with Crippen LogP contribution in [0.3, 0.4) is 0 Å². The summed E-state index contributed by atoms with van der Waals surface area (Å²) < 4.78 is 0. The van der Waals surface area contributed by atoms with Crippen LogP contribution in [0.4, 0.5) is 5.95 Å². The van der Waals surface area contributed by atoms with Crippen LogP contribution in [0.2, 0.25) is 0 Å². The minimum atomic E-state index is 0.561. The van der Waals surface area contributed by atoms with Crippen LogP contribution in [0, 0.1) is 0 Å². The first-order chi connectivity index (χ1) is 7.81. The standard InChI is InChI=1S/C11H13ClN4/c1-16(8-7-12)11-13-10(14-15-11)9-5-3-2-4-6-9/h2-6H,7-8H2,1H3,(H,13,14,15). The average molecular weight is 237 g/mol. The Kier molecular flexibility index (Phi) is 3.41. The molecule has 84 valence electrons. The molecule has 2 rings (SSSR count). The van der Waals surface area contributed by atoms with E-state index in [-0.39, 0.29) is 0 Å². The maximum Gasteiger partial charge on any atom is 0.244 e. The van der Waals surface area contributed by atoms with E-state index in [4.69, 9.17) is 11.6 Å². The maximum absolute atomic E-state index is 5.66. The summed E-state index contributed by atoms with van der Waals surface area (Å²) in [5, 5.41) is 7.06. The fourth-order valence-corrected chi connectivity index (χ4v) is 1.63. The number of rotatable bonds is 4. The molecule has 0 fully saturated rings. The lowest BCUT2D eigenvalue weighted by molar-refractivity contribution is 0.909. The normalized spacial score (nSPS) is 10.4. The molecule has 16 heavy (non-hydrogen) atoms. The fraction of sp³-hybridized carbons (Fsp3) is 0.273. The SMILES string of the molecule is CN(CCCl)c1n[nH]c(-c2ccccc2)n1. The molecule has 2 aromatic rings. The molecule has 0 aliphatic heterocycles. The molecule has 0 saturated carbocycles. The summed E-state index contributed by atoms with van der Waals surface area (Å²) in [6, 6.07) is 9.90. The van der Waals surface area contributed by atoms with E-state index in [2.05, 4.69) is 15.2 Å². The zero-order chi connectivity index (χ0) is 11.4.